The first-order valence-electron chi connectivity index (χ1n) is 12.9. The number of aromatic nitrogens is 4. The lowest BCUT2D eigenvalue weighted by molar-refractivity contribution is -0.149. The van der Waals surface area contributed by atoms with Crippen molar-refractivity contribution in [2.45, 2.75) is 51.6 Å². The second-order valence-corrected chi connectivity index (χ2v) is 9.48. The number of carbonyl (C=O) groups is 2. The second-order valence-electron chi connectivity index (χ2n) is 9.07. The smallest absolute Gasteiger partial charge is 0.320 e. The summed E-state index contributed by atoms with van der Waals surface area (Å²) >= 11 is 5.91. The Balaban J connectivity index is 1.41. The first-order chi connectivity index (χ1) is 18.9. The standard InChI is InChI=1S/C26H31ClFN7O4/c1-3-38-22(36)13-35(14-23(37)39-4-2)18-8-5-16(6-9-18)33-26-29-12-21-24(34-26)25(31-15-30-21)32-17-7-10-20(28)19(27)11-17/h7,10-12,15-16,18H,3-6,8-9,13-14H2,1-2H3,(H,29,33,34)(H,30,31,32)/t16-,18-. The van der Waals surface area contributed by atoms with Gasteiger partial charge in [0, 0.05) is 17.8 Å². The number of halogens is 2. The summed E-state index contributed by atoms with van der Waals surface area (Å²) in [6.45, 7) is 4.16. The van der Waals surface area contributed by atoms with Crippen LogP contribution in [-0.2, 0) is 19.1 Å². The summed E-state index contributed by atoms with van der Waals surface area (Å²) in [5.41, 5.74) is 1.60. The third-order valence-corrected chi connectivity index (χ3v) is 6.67. The van der Waals surface area contributed by atoms with E-state index in [1.165, 1.54) is 18.5 Å². The normalized spacial score (nSPS) is 17.2. The van der Waals surface area contributed by atoms with Crippen LogP contribution in [0.1, 0.15) is 39.5 Å². The molecule has 0 aliphatic heterocycles. The van der Waals surface area contributed by atoms with Gasteiger partial charge in [-0.05, 0) is 57.7 Å². The van der Waals surface area contributed by atoms with Gasteiger partial charge in [0.15, 0.2) is 5.82 Å². The molecule has 1 aromatic carbocycles. The highest BCUT2D eigenvalue weighted by Gasteiger charge is 2.29. The molecule has 1 aliphatic carbocycles. The Morgan fingerprint density at radius 3 is 2.38 bits per heavy atom. The minimum absolute atomic E-state index is 0.00553. The molecule has 0 amide bonds. The van der Waals surface area contributed by atoms with E-state index in [1.807, 2.05) is 4.90 Å². The Bertz CT molecular complexity index is 1290. The summed E-state index contributed by atoms with van der Waals surface area (Å²) in [7, 11) is 0. The lowest BCUT2D eigenvalue weighted by Crippen LogP contribution is -2.46. The van der Waals surface area contributed by atoms with E-state index in [1.54, 1.807) is 26.1 Å². The number of carbonyl (C=O) groups excluding carboxylic acids is 2. The highest BCUT2D eigenvalue weighted by Crippen LogP contribution is 2.27. The van der Waals surface area contributed by atoms with Gasteiger partial charge < -0.3 is 20.1 Å². The highest BCUT2D eigenvalue weighted by molar-refractivity contribution is 6.31. The summed E-state index contributed by atoms with van der Waals surface area (Å²) < 4.78 is 23.7. The summed E-state index contributed by atoms with van der Waals surface area (Å²) in [5, 5.41) is 6.49. The maximum absolute atomic E-state index is 13.6. The first-order valence-corrected chi connectivity index (χ1v) is 13.3. The van der Waals surface area contributed by atoms with Gasteiger partial charge in [-0.25, -0.2) is 24.3 Å². The Kier molecular flexibility index (Phi) is 9.77. The number of fused-ring (bicyclic) bond motifs is 1. The topological polar surface area (TPSA) is 131 Å². The predicted octanol–water partition coefficient (Wildman–Crippen LogP) is 4.11. The minimum atomic E-state index is -0.511. The molecule has 2 aromatic heterocycles. The highest BCUT2D eigenvalue weighted by atomic mass is 35.5. The monoisotopic (exact) mass is 559 g/mol. The van der Waals surface area contributed by atoms with Gasteiger partial charge in [-0.3, -0.25) is 14.5 Å². The minimum Gasteiger partial charge on any atom is -0.465 e. The van der Waals surface area contributed by atoms with E-state index in [2.05, 4.69) is 30.6 Å². The van der Waals surface area contributed by atoms with E-state index in [0.717, 1.165) is 25.7 Å². The maximum Gasteiger partial charge on any atom is 0.320 e. The molecule has 13 heteroatoms. The fourth-order valence-corrected chi connectivity index (χ4v) is 4.73. The lowest BCUT2D eigenvalue weighted by atomic mass is 9.90. The summed E-state index contributed by atoms with van der Waals surface area (Å²) in [6.07, 6.45) is 6.13. The number of nitrogens with zero attached hydrogens (tertiary/aromatic N) is 5. The van der Waals surface area contributed by atoms with Crippen molar-refractivity contribution in [1.29, 1.82) is 0 Å². The van der Waals surface area contributed by atoms with E-state index in [-0.39, 0.29) is 55.3 Å². The molecule has 3 aromatic rings. The number of hydrogen-bond acceptors (Lipinski definition) is 11. The summed E-state index contributed by atoms with van der Waals surface area (Å²) in [5.74, 6) is -0.369. The zero-order chi connectivity index (χ0) is 27.8. The van der Waals surface area contributed by atoms with Gasteiger partial charge in [-0.15, -0.1) is 0 Å². The van der Waals surface area contributed by atoms with Gasteiger partial charge in [0.2, 0.25) is 5.95 Å². The molecule has 0 atom stereocenters. The van der Waals surface area contributed by atoms with Crippen molar-refractivity contribution in [3.63, 3.8) is 0 Å². The predicted molar refractivity (Wildman–Crippen MR) is 144 cm³/mol. The number of anilines is 3. The van der Waals surface area contributed by atoms with E-state index >= 15 is 0 Å². The SMILES string of the molecule is CCOC(=O)CN(CC(=O)OCC)[C@H]1CC[C@H](Nc2ncc3ncnc(Nc4ccc(F)c(Cl)c4)c3n2)CC1. The number of hydrogen-bond donors (Lipinski definition) is 2. The molecular formula is C26H31ClFN7O4. The van der Waals surface area contributed by atoms with Gasteiger partial charge in [-0.2, -0.15) is 0 Å². The Morgan fingerprint density at radius 1 is 1.05 bits per heavy atom. The zero-order valence-electron chi connectivity index (χ0n) is 21.8. The van der Waals surface area contributed by atoms with Gasteiger partial charge in [0.25, 0.3) is 0 Å². The van der Waals surface area contributed by atoms with Gasteiger partial charge in [0.1, 0.15) is 23.2 Å². The molecule has 2 N–H and O–H groups in total. The third kappa shape index (κ3) is 7.70. The van der Waals surface area contributed by atoms with Crippen molar-refractivity contribution in [3.8, 4) is 0 Å². The van der Waals surface area contributed by atoms with E-state index in [9.17, 15) is 14.0 Å². The van der Waals surface area contributed by atoms with Crippen LogP contribution in [0.3, 0.4) is 0 Å². The van der Waals surface area contributed by atoms with Crippen molar-refractivity contribution in [2.24, 2.45) is 0 Å². The number of benzene rings is 1. The molecule has 39 heavy (non-hydrogen) atoms. The number of rotatable bonds is 11. The molecule has 1 saturated carbocycles. The molecule has 0 saturated heterocycles. The Hall–Kier alpha value is -3.64. The molecule has 0 spiro atoms. The van der Waals surface area contributed by atoms with Crippen LogP contribution >= 0.6 is 11.6 Å². The molecule has 2 heterocycles. The molecule has 208 valence electrons. The van der Waals surface area contributed by atoms with Crippen LogP contribution in [0.15, 0.2) is 30.7 Å². The number of nitrogens with one attached hydrogen (secondary N) is 2. The van der Waals surface area contributed by atoms with Crippen molar-refractivity contribution < 1.29 is 23.5 Å². The average Bonchev–Trinajstić information content (AvgIpc) is 2.91. The lowest BCUT2D eigenvalue weighted by Gasteiger charge is -2.36. The zero-order valence-corrected chi connectivity index (χ0v) is 22.6. The maximum atomic E-state index is 13.6. The number of esters is 2. The van der Waals surface area contributed by atoms with Crippen LogP contribution in [0.2, 0.25) is 5.02 Å². The fraction of sp³-hybridized carbons (Fsp3) is 0.462. The number of ether oxygens (including phenoxy) is 2. The van der Waals surface area contributed by atoms with E-state index < -0.39 is 5.82 Å². The van der Waals surface area contributed by atoms with Crippen LogP contribution in [0, 0.1) is 5.82 Å². The molecule has 0 bridgehead atoms. The largest absolute Gasteiger partial charge is 0.465 e. The molecule has 1 aliphatic rings. The van der Waals surface area contributed by atoms with E-state index in [0.29, 0.717) is 28.5 Å². The summed E-state index contributed by atoms with van der Waals surface area (Å²) in [4.78, 5) is 43.7. The van der Waals surface area contributed by atoms with Gasteiger partial charge in [-0.1, -0.05) is 11.6 Å². The van der Waals surface area contributed by atoms with Crippen molar-refractivity contribution in [3.05, 3.63) is 41.6 Å². The molecule has 0 unspecified atom stereocenters. The first kappa shape index (κ1) is 28.4. The van der Waals surface area contributed by atoms with Gasteiger partial charge >= 0.3 is 11.9 Å². The fourth-order valence-electron chi connectivity index (χ4n) is 4.55. The molecule has 4 rings (SSSR count). The Labute approximate surface area is 230 Å². The third-order valence-electron chi connectivity index (χ3n) is 6.38. The van der Waals surface area contributed by atoms with Crippen molar-refractivity contribution in [1.82, 2.24) is 24.8 Å². The molecule has 11 nitrogen and oxygen atoms in total. The van der Waals surface area contributed by atoms with Crippen LogP contribution in [0.4, 0.5) is 21.8 Å². The summed E-state index contributed by atoms with van der Waals surface area (Å²) in [6, 6.07) is 4.44. The second kappa shape index (κ2) is 13.4. The van der Waals surface area contributed by atoms with Gasteiger partial charge in [0.05, 0.1) is 37.5 Å². The Morgan fingerprint density at radius 2 is 1.74 bits per heavy atom. The van der Waals surface area contributed by atoms with Crippen LogP contribution in [-0.4, -0.2) is 75.2 Å². The molecule has 1 fully saturated rings. The van der Waals surface area contributed by atoms with Crippen LogP contribution in [0.25, 0.3) is 11.0 Å². The van der Waals surface area contributed by atoms with Crippen molar-refractivity contribution in [2.75, 3.05) is 36.9 Å². The quantitative estimate of drug-likeness (QED) is 0.329. The molecular weight excluding hydrogens is 529 g/mol. The molecule has 0 radical (unpaired) electrons. The average molecular weight is 560 g/mol. The van der Waals surface area contributed by atoms with Crippen LogP contribution < -0.4 is 10.6 Å². The van der Waals surface area contributed by atoms with E-state index in [4.69, 9.17) is 21.1 Å². The van der Waals surface area contributed by atoms with Crippen molar-refractivity contribution >= 4 is 52.0 Å². The van der Waals surface area contributed by atoms with Crippen LogP contribution in [0.5, 0.6) is 0 Å².